The second-order valence-corrected chi connectivity index (χ2v) is 8.98. The summed E-state index contributed by atoms with van der Waals surface area (Å²) >= 11 is 0. The molecule has 0 aliphatic carbocycles. The second-order valence-electron chi connectivity index (χ2n) is 8.98. The van der Waals surface area contributed by atoms with Crippen molar-refractivity contribution in [2.75, 3.05) is 39.6 Å². The molecule has 7 heteroatoms. The summed E-state index contributed by atoms with van der Waals surface area (Å²) in [4.78, 5) is 32.2. The van der Waals surface area contributed by atoms with Crippen LogP contribution >= 0.6 is 0 Å². The summed E-state index contributed by atoms with van der Waals surface area (Å²) in [6.45, 7) is 3.93. The number of rotatable bonds is 9. The highest BCUT2D eigenvalue weighted by Gasteiger charge is 2.18. The third-order valence-corrected chi connectivity index (χ3v) is 6.15. The number of aryl methyl sites for hydroxylation is 1. The van der Waals surface area contributed by atoms with E-state index in [0.29, 0.717) is 40.6 Å². The van der Waals surface area contributed by atoms with Crippen molar-refractivity contribution < 1.29 is 9.53 Å². The van der Waals surface area contributed by atoms with Crippen LogP contribution in [0.1, 0.15) is 27.9 Å². The number of benzene rings is 3. The molecule has 35 heavy (non-hydrogen) atoms. The number of H-pyrrole nitrogens is 1. The zero-order chi connectivity index (χ0) is 24.9. The zero-order valence-corrected chi connectivity index (χ0v) is 20.7. The van der Waals surface area contributed by atoms with Crippen LogP contribution in [-0.4, -0.2) is 50.1 Å². The molecular formula is C28H32N4O3. The van der Waals surface area contributed by atoms with Crippen LogP contribution in [0.4, 0.5) is 5.69 Å². The molecule has 0 bridgehead atoms. The fourth-order valence-electron chi connectivity index (χ4n) is 4.22. The third kappa shape index (κ3) is 5.30. The molecule has 0 fully saturated rings. The minimum absolute atomic E-state index is 0.100. The molecule has 0 radical (unpaired) electrons. The molecule has 7 nitrogen and oxygen atoms in total. The van der Waals surface area contributed by atoms with Gasteiger partial charge in [0, 0.05) is 24.2 Å². The molecule has 0 unspecified atom stereocenters. The molecular weight excluding hydrogens is 440 g/mol. The van der Waals surface area contributed by atoms with Crippen LogP contribution in [-0.2, 0) is 6.54 Å². The van der Waals surface area contributed by atoms with Crippen molar-refractivity contribution in [2.45, 2.75) is 19.9 Å². The summed E-state index contributed by atoms with van der Waals surface area (Å²) in [7, 11) is 5.65. The summed E-state index contributed by atoms with van der Waals surface area (Å²) in [6.07, 6.45) is 0.844. The number of carbonyl (C=O) groups is 1. The lowest BCUT2D eigenvalue weighted by Gasteiger charge is -2.15. The van der Waals surface area contributed by atoms with Crippen molar-refractivity contribution in [3.05, 3.63) is 81.5 Å². The highest BCUT2D eigenvalue weighted by molar-refractivity contribution is 6.11. The first-order valence-electron chi connectivity index (χ1n) is 11.8. The number of amides is 1. The van der Waals surface area contributed by atoms with E-state index >= 15 is 0 Å². The molecule has 4 rings (SSSR count). The topological polar surface area (TPSA) is 86.5 Å². The smallest absolute Gasteiger partial charge is 0.253 e. The SMILES string of the molecule is COc1ccc(CNc2ccc(C(=O)NCCCN(C)C)c3[nH]c4c(C)cccc4c(=O)c23)cc1. The number of pyridine rings is 1. The molecule has 3 aromatic carbocycles. The van der Waals surface area contributed by atoms with Crippen LogP contribution in [0.3, 0.4) is 0 Å². The van der Waals surface area contributed by atoms with Gasteiger partial charge >= 0.3 is 0 Å². The van der Waals surface area contributed by atoms with Gasteiger partial charge in [0.15, 0.2) is 5.43 Å². The Balaban J connectivity index is 1.74. The van der Waals surface area contributed by atoms with Gasteiger partial charge in [-0.25, -0.2) is 0 Å². The second kappa shape index (κ2) is 10.6. The number of carbonyl (C=O) groups excluding carboxylic acids is 1. The Bertz CT molecular complexity index is 1410. The molecule has 4 aromatic rings. The van der Waals surface area contributed by atoms with Crippen LogP contribution < -0.4 is 20.8 Å². The van der Waals surface area contributed by atoms with E-state index < -0.39 is 0 Å². The van der Waals surface area contributed by atoms with Crippen molar-refractivity contribution in [3.8, 4) is 5.75 Å². The zero-order valence-electron chi connectivity index (χ0n) is 20.7. The normalized spacial score (nSPS) is 11.2. The summed E-state index contributed by atoms with van der Waals surface area (Å²) < 4.78 is 5.23. The maximum absolute atomic E-state index is 13.7. The summed E-state index contributed by atoms with van der Waals surface area (Å²) in [5, 5.41) is 7.48. The predicted molar refractivity (Wildman–Crippen MR) is 143 cm³/mol. The number of aromatic amines is 1. The van der Waals surface area contributed by atoms with Crippen molar-refractivity contribution >= 4 is 33.4 Å². The first-order valence-corrected chi connectivity index (χ1v) is 11.8. The molecule has 1 heterocycles. The Morgan fingerprint density at radius 2 is 1.80 bits per heavy atom. The average molecular weight is 473 g/mol. The number of nitrogens with zero attached hydrogens (tertiary/aromatic N) is 1. The molecule has 0 spiro atoms. The van der Waals surface area contributed by atoms with Gasteiger partial charge in [-0.2, -0.15) is 0 Å². The quantitative estimate of drug-likeness (QED) is 0.250. The highest BCUT2D eigenvalue weighted by Crippen LogP contribution is 2.27. The fourth-order valence-corrected chi connectivity index (χ4v) is 4.22. The standard InChI is InChI=1S/C28H32N4O3/c1-18-7-5-8-21-25(18)31-26-22(28(34)29-15-6-16-32(2)3)13-14-23(24(26)27(21)33)30-17-19-9-11-20(35-4)12-10-19/h5,7-14,30H,6,15-17H2,1-4H3,(H,29,34)(H,31,33). The van der Waals surface area contributed by atoms with E-state index in [1.807, 2.05) is 69.6 Å². The Labute approximate surface area is 205 Å². The highest BCUT2D eigenvalue weighted by atomic mass is 16.5. The Morgan fingerprint density at radius 1 is 1.03 bits per heavy atom. The van der Waals surface area contributed by atoms with Crippen molar-refractivity contribution in [3.63, 3.8) is 0 Å². The van der Waals surface area contributed by atoms with Crippen LogP contribution in [0.2, 0.25) is 0 Å². The molecule has 3 N–H and O–H groups in total. The van der Waals surface area contributed by atoms with Gasteiger partial charge in [-0.3, -0.25) is 9.59 Å². The number of hydrogen-bond donors (Lipinski definition) is 3. The number of fused-ring (bicyclic) bond motifs is 2. The molecule has 0 saturated heterocycles. The number of hydrogen-bond acceptors (Lipinski definition) is 5. The van der Waals surface area contributed by atoms with E-state index in [-0.39, 0.29) is 11.3 Å². The average Bonchev–Trinajstić information content (AvgIpc) is 2.86. The lowest BCUT2D eigenvalue weighted by Crippen LogP contribution is -2.27. The number of methoxy groups -OCH3 is 1. The monoisotopic (exact) mass is 472 g/mol. The molecule has 182 valence electrons. The number of ether oxygens (including phenoxy) is 1. The van der Waals surface area contributed by atoms with E-state index in [0.717, 1.165) is 35.4 Å². The summed E-state index contributed by atoms with van der Waals surface area (Å²) in [5.74, 6) is 0.595. The predicted octanol–water partition coefficient (Wildman–Crippen LogP) is 4.29. The lowest BCUT2D eigenvalue weighted by molar-refractivity contribution is 0.0954. The molecule has 1 aromatic heterocycles. The summed E-state index contributed by atoms with van der Waals surface area (Å²) in [6, 6.07) is 17.0. The minimum Gasteiger partial charge on any atom is -0.497 e. The van der Waals surface area contributed by atoms with Gasteiger partial charge < -0.3 is 25.3 Å². The number of nitrogens with one attached hydrogen (secondary N) is 3. The van der Waals surface area contributed by atoms with Crippen LogP contribution in [0.5, 0.6) is 5.75 Å². The Morgan fingerprint density at radius 3 is 2.51 bits per heavy atom. The Kier molecular flexibility index (Phi) is 7.36. The first-order chi connectivity index (χ1) is 16.9. The van der Waals surface area contributed by atoms with Crippen LogP contribution in [0.15, 0.2) is 59.4 Å². The van der Waals surface area contributed by atoms with E-state index in [1.165, 1.54) is 0 Å². The molecule has 0 atom stereocenters. The number of aromatic nitrogens is 1. The van der Waals surface area contributed by atoms with E-state index in [4.69, 9.17) is 4.74 Å². The van der Waals surface area contributed by atoms with E-state index in [9.17, 15) is 9.59 Å². The van der Waals surface area contributed by atoms with Crippen molar-refractivity contribution in [2.24, 2.45) is 0 Å². The molecule has 0 aliphatic heterocycles. The molecule has 0 aliphatic rings. The van der Waals surface area contributed by atoms with Crippen molar-refractivity contribution in [1.29, 1.82) is 0 Å². The lowest BCUT2D eigenvalue weighted by atomic mass is 10.0. The van der Waals surface area contributed by atoms with Gasteiger partial charge in [0.25, 0.3) is 5.91 Å². The van der Waals surface area contributed by atoms with Gasteiger partial charge in [-0.05, 0) is 75.4 Å². The largest absolute Gasteiger partial charge is 0.497 e. The van der Waals surface area contributed by atoms with Gasteiger partial charge in [0.1, 0.15) is 5.75 Å². The van der Waals surface area contributed by atoms with Crippen LogP contribution in [0.25, 0.3) is 21.8 Å². The van der Waals surface area contributed by atoms with Crippen LogP contribution in [0, 0.1) is 6.92 Å². The van der Waals surface area contributed by atoms with Gasteiger partial charge in [-0.1, -0.05) is 24.3 Å². The third-order valence-electron chi connectivity index (χ3n) is 6.15. The number of anilines is 1. The fraction of sp³-hybridized carbons (Fsp3) is 0.286. The summed E-state index contributed by atoms with van der Waals surface area (Å²) in [5.41, 5.74) is 4.34. The first kappa shape index (κ1) is 24.3. The molecule has 0 saturated carbocycles. The maximum Gasteiger partial charge on any atom is 0.253 e. The van der Waals surface area contributed by atoms with Gasteiger partial charge in [0.05, 0.1) is 29.1 Å². The van der Waals surface area contributed by atoms with Gasteiger partial charge in [0.2, 0.25) is 0 Å². The maximum atomic E-state index is 13.7. The Hall–Kier alpha value is -3.84. The number of para-hydroxylation sites is 1. The molecule has 1 amide bonds. The van der Waals surface area contributed by atoms with Crippen molar-refractivity contribution in [1.82, 2.24) is 15.2 Å². The van der Waals surface area contributed by atoms with E-state index in [2.05, 4.69) is 20.5 Å². The minimum atomic E-state index is -0.195. The van der Waals surface area contributed by atoms with E-state index in [1.54, 1.807) is 13.2 Å². The van der Waals surface area contributed by atoms with Gasteiger partial charge in [-0.15, -0.1) is 0 Å².